The number of rotatable bonds is 7. The van der Waals surface area contributed by atoms with Gasteiger partial charge in [0.2, 0.25) is 0 Å². The van der Waals surface area contributed by atoms with Crippen molar-refractivity contribution in [1.82, 2.24) is 0 Å². The molecule has 0 fully saturated rings. The average Bonchev–Trinajstić information content (AvgIpc) is 2.05. The summed E-state index contributed by atoms with van der Waals surface area (Å²) in [6.45, 7) is 7.36. The summed E-state index contributed by atoms with van der Waals surface area (Å²) in [5, 5.41) is 8.81. The highest BCUT2D eigenvalue weighted by molar-refractivity contribution is 4.53. The molecule has 0 spiro atoms. The first-order valence-electron chi connectivity index (χ1n) is 4.58. The van der Waals surface area contributed by atoms with Crippen LogP contribution < -0.4 is 0 Å². The third-order valence-electron chi connectivity index (χ3n) is 1.61. The van der Waals surface area contributed by atoms with E-state index in [-0.39, 0.29) is 18.8 Å². The van der Waals surface area contributed by atoms with Gasteiger partial charge in [-0.3, -0.25) is 0 Å². The summed E-state index contributed by atoms with van der Waals surface area (Å²) in [6.07, 6.45) is 0.611. The molecule has 3 nitrogen and oxygen atoms in total. The molecule has 0 radical (unpaired) electrons. The largest absolute Gasteiger partial charge is 0.396 e. The minimum absolute atomic E-state index is 0.151. The van der Waals surface area contributed by atoms with E-state index in [1.165, 1.54) is 0 Å². The highest BCUT2D eigenvalue weighted by Crippen LogP contribution is 2.09. The number of ether oxygens (including phenoxy) is 2. The Labute approximate surface area is 74.7 Å². The van der Waals surface area contributed by atoms with Gasteiger partial charge in [-0.15, -0.1) is 0 Å². The van der Waals surface area contributed by atoms with Gasteiger partial charge < -0.3 is 14.6 Å². The lowest BCUT2D eigenvalue weighted by Gasteiger charge is -2.19. The molecule has 0 aromatic rings. The fourth-order valence-electron chi connectivity index (χ4n) is 0.959. The van der Waals surface area contributed by atoms with Gasteiger partial charge >= 0.3 is 0 Å². The molecule has 0 aliphatic heterocycles. The van der Waals surface area contributed by atoms with Crippen LogP contribution >= 0.6 is 0 Å². The standard InChI is InChI=1S/C9H20O3/c1-4-11-9(12-5-2)6-8(3)7-10/h8-10H,4-7H2,1-3H3. The van der Waals surface area contributed by atoms with Crippen molar-refractivity contribution in [3.63, 3.8) is 0 Å². The fourth-order valence-corrected chi connectivity index (χ4v) is 0.959. The van der Waals surface area contributed by atoms with Crippen LogP contribution in [0.2, 0.25) is 0 Å². The average molecular weight is 176 g/mol. The van der Waals surface area contributed by atoms with Crippen LogP contribution in [0.3, 0.4) is 0 Å². The van der Waals surface area contributed by atoms with E-state index in [9.17, 15) is 0 Å². The molecule has 3 heteroatoms. The molecule has 0 aliphatic rings. The molecule has 0 aromatic heterocycles. The summed E-state index contributed by atoms with van der Waals surface area (Å²) in [5.41, 5.74) is 0. The number of hydrogen-bond donors (Lipinski definition) is 1. The van der Waals surface area contributed by atoms with Gasteiger partial charge in [0.15, 0.2) is 6.29 Å². The minimum atomic E-state index is -0.151. The first kappa shape index (κ1) is 11.9. The Morgan fingerprint density at radius 2 is 1.67 bits per heavy atom. The summed E-state index contributed by atoms with van der Waals surface area (Å²) in [7, 11) is 0. The van der Waals surface area contributed by atoms with Gasteiger partial charge in [-0.25, -0.2) is 0 Å². The summed E-state index contributed by atoms with van der Waals surface area (Å²) >= 11 is 0. The van der Waals surface area contributed by atoms with Crippen LogP contribution in [-0.4, -0.2) is 31.2 Å². The van der Waals surface area contributed by atoms with Crippen LogP contribution in [0.15, 0.2) is 0 Å². The van der Waals surface area contributed by atoms with Gasteiger partial charge in [0.1, 0.15) is 0 Å². The summed E-state index contributed by atoms with van der Waals surface area (Å²) < 4.78 is 10.6. The van der Waals surface area contributed by atoms with Crippen LogP contribution in [0.4, 0.5) is 0 Å². The monoisotopic (exact) mass is 176 g/mol. The zero-order valence-corrected chi connectivity index (χ0v) is 8.25. The maximum absolute atomic E-state index is 8.81. The van der Waals surface area contributed by atoms with Crippen LogP contribution in [0.1, 0.15) is 27.2 Å². The SMILES string of the molecule is CCOC(CC(C)CO)OCC. The maximum atomic E-state index is 8.81. The molecule has 0 aromatic carbocycles. The minimum Gasteiger partial charge on any atom is -0.396 e. The Kier molecular flexibility index (Phi) is 7.45. The molecule has 74 valence electrons. The van der Waals surface area contributed by atoms with Gasteiger partial charge in [-0.2, -0.15) is 0 Å². The number of aliphatic hydroxyl groups excluding tert-OH is 1. The molecule has 0 rings (SSSR count). The van der Waals surface area contributed by atoms with E-state index in [4.69, 9.17) is 14.6 Å². The van der Waals surface area contributed by atoms with Crippen molar-refractivity contribution >= 4 is 0 Å². The fraction of sp³-hybridized carbons (Fsp3) is 1.00. The lowest BCUT2D eigenvalue weighted by Crippen LogP contribution is -2.21. The number of hydrogen-bond acceptors (Lipinski definition) is 3. The van der Waals surface area contributed by atoms with Gasteiger partial charge in [0.05, 0.1) is 0 Å². The molecule has 0 saturated heterocycles. The Bertz CT molecular complexity index is 89.8. The van der Waals surface area contributed by atoms with Crippen LogP contribution in [0.5, 0.6) is 0 Å². The smallest absolute Gasteiger partial charge is 0.157 e. The zero-order valence-electron chi connectivity index (χ0n) is 8.25. The third-order valence-corrected chi connectivity index (χ3v) is 1.61. The zero-order chi connectivity index (χ0) is 9.40. The predicted octanol–water partition coefficient (Wildman–Crippen LogP) is 1.40. The Morgan fingerprint density at radius 1 is 1.17 bits per heavy atom. The van der Waals surface area contributed by atoms with Crippen LogP contribution in [0.25, 0.3) is 0 Å². The highest BCUT2D eigenvalue weighted by atomic mass is 16.7. The Morgan fingerprint density at radius 3 is 2.00 bits per heavy atom. The van der Waals surface area contributed by atoms with Crippen molar-refractivity contribution in [2.75, 3.05) is 19.8 Å². The molecule has 1 N–H and O–H groups in total. The third kappa shape index (κ3) is 5.52. The molecule has 1 unspecified atom stereocenters. The second-order valence-electron chi connectivity index (χ2n) is 2.86. The molecule has 0 heterocycles. The normalized spacial score (nSPS) is 13.8. The van der Waals surface area contributed by atoms with Crippen LogP contribution in [-0.2, 0) is 9.47 Å². The first-order valence-corrected chi connectivity index (χ1v) is 4.58. The predicted molar refractivity (Wildman–Crippen MR) is 47.9 cm³/mol. The van der Waals surface area contributed by atoms with Crippen LogP contribution in [0, 0.1) is 5.92 Å². The second kappa shape index (κ2) is 7.53. The quantitative estimate of drug-likeness (QED) is 0.596. The maximum Gasteiger partial charge on any atom is 0.157 e. The molecule has 0 amide bonds. The summed E-state index contributed by atoms with van der Waals surface area (Å²) in [6, 6.07) is 0. The van der Waals surface area contributed by atoms with E-state index >= 15 is 0 Å². The molecule has 12 heavy (non-hydrogen) atoms. The topological polar surface area (TPSA) is 38.7 Å². The van der Waals surface area contributed by atoms with Gasteiger partial charge in [0.25, 0.3) is 0 Å². The van der Waals surface area contributed by atoms with Crippen molar-refractivity contribution in [2.24, 2.45) is 5.92 Å². The van der Waals surface area contributed by atoms with Crippen molar-refractivity contribution in [1.29, 1.82) is 0 Å². The van der Waals surface area contributed by atoms with E-state index < -0.39 is 0 Å². The number of aliphatic hydroxyl groups is 1. The lowest BCUT2D eigenvalue weighted by molar-refractivity contribution is -0.147. The van der Waals surface area contributed by atoms with E-state index in [1.54, 1.807) is 0 Å². The van der Waals surface area contributed by atoms with Crippen molar-refractivity contribution in [3.05, 3.63) is 0 Å². The molecule has 1 atom stereocenters. The van der Waals surface area contributed by atoms with Crippen molar-refractivity contribution in [3.8, 4) is 0 Å². The van der Waals surface area contributed by atoms with Crippen molar-refractivity contribution in [2.45, 2.75) is 33.5 Å². The van der Waals surface area contributed by atoms with E-state index in [0.717, 1.165) is 6.42 Å². The molecular weight excluding hydrogens is 156 g/mol. The summed E-state index contributed by atoms with van der Waals surface area (Å²) in [4.78, 5) is 0. The first-order chi connectivity index (χ1) is 5.74. The molecule has 0 bridgehead atoms. The lowest BCUT2D eigenvalue weighted by atomic mass is 10.1. The molecule has 0 saturated carbocycles. The molecule has 0 aliphatic carbocycles. The van der Waals surface area contributed by atoms with E-state index in [0.29, 0.717) is 13.2 Å². The Balaban J connectivity index is 3.61. The van der Waals surface area contributed by atoms with Crippen molar-refractivity contribution < 1.29 is 14.6 Å². The van der Waals surface area contributed by atoms with E-state index in [2.05, 4.69) is 0 Å². The Hall–Kier alpha value is -0.120. The van der Waals surface area contributed by atoms with Gasteiger partial charge in [0, 0.05) is 26.2 Å². The highest BCUT2D eigenvalue weighted by Gasteiger charge is 2.11. The second-order valence-corrected chi connectivity index (χ2v) is 2.86. The summed E-state index contributed by atoms with van der Waals surface area (Å²) in [5.74, 6) is 0.244. The van der Waals surface area contributed by atoms with Gasteiger partial charge in [-0.05, 0) is 19.8 Å². The van der Waals surface area contributed by atoms with Gasteiger partial charge in [-0.1, -0.05) is 6.92 Å². The molecular formula is C9H20O3. The van der Waals surface area contributed by atoms with E-state index in [1.807, 2.05) is 20.8 Å².